The number of hydrogen-bond donors (Lipinski definition) is 6. The molecule has 13 heteroatoms. The van der Waals surface area contributed by atoms with Crippen LogP contribution >= 0.6 is 0 Å². The van der Waals surface area contributed by atoms with Crippen LogP contribution in [0.15, 0.2) is 18.2 Å². The monoisotopic (exact) mass is 514 g/mol. The van der Waals surface area contributed by atoms with Crippen LogP contribution in [0.2, 0.25) is 0 Å². The summed E-state index contributed by atoms with van der Waals surface area (Å²) in [5, 5.41) is 60.5. The molecule has 4 fully saturated rings. The van der Waals surface area contributed by atoms with Crippen molar-refractivity contribution in [1.82, 2.24) is 0 Å². The van der Waals surface area contributed by atoms with Crippen LogP contribution in [-0.2, 0) is 23.7 Å². The second-order valence-corrected chi connectivity index (χ2v) is 9.50. The number of esters is 1. The third kappa shape index (κ3) is 4.14. The lowest BCUT2D eigenvalue weighted by Crippen LogP contribution is -2.61. The third-order valence-corrected chi connectivity index (χ3v) is 7.53. The van der Waals surface area contributed by atoms with E-state index in [1.165, 1.54) is 25.3 Å². The number of epoxide rings is 1. The molecule has 6 N–H and O–H groups in total. The number of ether oxygens (including phenoxy) is 6. The number of aliphatic hydroxyl groups excluding tert-OH is 5. The lowest BCUT2D eigenvalue weighted by molar-refractivity contribution is -0.356. The van der Waals surface area contributed by atoms with Crippen molar-refractivity contribution in [2.45, 2.75) is 61.2 Å². The van der Waals surface area contributed by atoms with Gasteiger partial charge in [0.05, 0.1) is 37.9 Å². The Balaban J connectivity index is 1.31. The molecule has 13 nitrogen and oxygen atoms in total. The lowest BCUT2D eigenvalue weighted by atomic mass is 9.83. The van der Waals surface area contributed by atoms with Gasteiger partial charge in [-0.25, -0.2) is 4.79 Å². The SMILES string of the molecule is COc1cc(C(=O)OCC23OC2C(O)C2CCOC(O[C@@H]4O[C@H](CO)[C@@H](O)[C@H](O)[C@H]4O)C23)ccc1O. The maximum atomic E-state index is 12.7. The highest BCUT2D eigenvalue weighted by atomic mass is 16.8. The summed E-state index contributed by atoms with van der Waals surface area (Å²) in [6.07, 6.45) is -9.48. The fourth-order valence-corrected chi connectivity index (χ4v) is 5.55. The average molecular weight is 514 g/mol. The van der Waals surface area contributed by atoms with Crippen LogP contribution in [0.4, 0.5) is 0 Å². The Morgan fingerprint density at radius 1 is 1.11 bits per heavy atom. The number of carbonyl (C=O) groups is 1. The number of carbonyl (C=O) groups excluding carboxylic acids is 1. The summed E-state index contributed by atoms with van der Waals surface area (Å²) in [7, 11) is 1.35. The molecule has 4 aliphatic rings. The predicted octanol–water partition coefficient (Wildman–Crippen LogP) is -2.13. The van der Waals surface area contributed by atoms with E-state index < -0.39 is 73.3 Å². The van der Waals surface area contributed by atoms with Gasteiger partial charge in [0.2, 0.25) is 0 Å². The quantitative estimate of drug-likeness (QED) is 0.171. The van der Waals surface area contributed by atoms with E-state index in [1.54, 1.807) is 0 Å². The summed E-state index contributed by atoms with van der Waals surface area (Å²) in [4.78, 5) is 12.7. The maximum absolute atomic E-state index is 12.7. The number of methoxy groups -OCH3 is 1. The molecule has 0 radical (unpaired) electrons. The van der Waals surface area contributed by atoms with Gasteiger partial charge in [0, 0.05) is 5.92 Å². The summed E-state index contributed by atoms with van der Waals surface area (Å²) in [5.74, 6) is -1.65. The number of fused-ring (bicyclic) bond motifs is 3. The van der Waals surface area contributed by atoms with Crippen molar-refractivity contribution >= 4 is 5.97 Å². The van der Waals surface area contributed by atoms with Gasteiger partial charge in [0.25, 0.3) is 0 Å². The van der Waals surface area contributed by atoms with Crippen LogP contribution in [0.1, 0.15) is 16.8 Å². The third-order valence-electron chi connectivity index (χ3n) is 7.53. The minimum Gasteiger partial charge on any atom is -0.504 e. The van der Waals surface area contributed by atoms with Gasteiger partial charge < -0.3 is 59.1 Å². The number of phenolic OH excluding ortho intramolecular Hbond substituents is 1. The van der Waals surface area contributed by atoms with Gasteiger partial charge in [0.15, 0.2) is 24.1 Å². The molecule has 1 aliphatic carbocycles. The predicted molar refractivity (Wildman–Crippen MR) is 115 cm³/mol. The molecule has 1 saturated carbocycles. The van der Waals surface area contributed by atoms with Crippen LogP contribution in [0.25, 0.3) is 0 Å². The first-order valence-electron chi connectivity index (χ1n) is 11.7. The van der Waals surface area contributed by atoms with E-state index in [0.717, 1.165) is 0 Å². The Morgan fingerprint density at radius 2 is 1.89 bits per heavy atom. The van der Waals surface area contributed by atoms with Crippen LogP contribution < -0.4 is 4.74 Å². The molecule has 6 unspecified atom stereocenters. The van der Waals surface area contributed by atoms with E-state index in [1.807, 2.05) is 0 Å². The van der Waals surface area contributed by atoms with Crippen molar-refractivity contribution in [3.63, 3.8) is 0 Å². The van der Waals surface area contributed by atoms with E-state index in [9.17, 15) is 35.4 Å². The van der Waals surface area contributed by atoms with Gasteiger partial charge in [-0.3, -0.25) is 0 Å². The minimum atomic E-state index is -1.63. The van der Waals surface area contributed by atoms with Crippen molar-refractivity contribution < 1.29 is 63.9 Å². The fraction of sp³-hybridized carbons (Fsp3) is 0.696. The van der Waals surface area contributed by atoms with Gasteiger partial charge in [-0.1, -0.05) is 0 Å². The first-order chi connectivity index (χ1) is 17.2. The van der Waals surface area contributed by atoms with Gasteiger partial charge in [0.1, 0.15) is 42.7 Å². The van der Waals surface area contributed by atoms with Crippen LogP contribution in [0.5, 0.6) is 11.5 Å². The topological polar surface area (TPSA) is 197 Å². The summed E-state index contributed by atoms with van der Waals surface area (Å²) in [5.41, 5.74) is -0.970. The van der Waals surface area contributed by atoms with Crippen molar-refractivity contribution in [3.8, 4) is 11.5 Å². The molecular weight excluding hydrogens is 484 g/mol. The Bertz CT molecular complexity index is 971. The molecule has 0 amide bonds. The second-order valence-electron chi connectivity index (χ2n) is 9.50. The van der Waals surface area contributed by atoms with Crippen molar-refractivity contribution in [2.24, 2.45) is 11.8 Å². The number of aliphatic hydroxyl groups is 5. The Morgan fingerprint density at radius 3 is 2.61 bits per heavy atom. The van der Waals surface area contributed by atoms with E-state index >= 15 is 0 Å². The molecule has 0 aromatic heterocycles. The smallest absolute Gasteiger partial charge is 0.338 e. The first kappa shape index (κ1) is 25.6. The zero-order valence-electron chi connectivity index (χ0n) is 19.4. The molecule has 0 bridgehead atoms. The van der Waals surface area contributed by atoms with Gasteiger partial charge in [-0.15, -0.1) is 0 Å². The van der Waals surface area contributed by atoms with E-state index in [2.05, 4.69) is 0 Å². The number of hydrogen-bond acceptors (Lipinski definition) is 13. The summed E-state index contributed by atoms with van der Waals surface area (Å²) >= 11 is 0. The minimum absolute atomic E-state index is 0.105. The molecule has 36 heavy (non-hydrogen) atoms. The molecule has 1 aromatic carbocycles. The largest absolute Gasteiger partial charge is 0.504 e. The van der Waals surface area contributed by atoms with Crippen molar-refractivity contribution in [2.75, 3.05) is 26.9 Å². The van der Waals surface area contributed by atoms with Gasteiger partial charge in [-0.05, 0) is 24.6 Å². The number of rotatable bonds is 7. The first-order valence-corrected chi connectivity index (χ1v) is 11.7. The molecule has 1 aromatic rings. The molecule has 200 valence electrons. The maximum Gasteiger partial charge on any atom is 0.338 e. The Hall–Kier alpha value is -2.07. The van der Waals surface area contributed by atoms with Crippen molar-refractivity contribution in [3.05, 3.63) is 23.8 Å². The van der Waals surface area contributed by atoms with Gasteiger partial charge in [-0.2, -0.15) is 0 Å². The number of benzene rings is 1. The highest BCUT2D eigenvalue weighted by Gasteiger charge is 2.76. The number of phenols is 1. The number of aromatic hydroxyl groups is 1. The molecule has 5 rings (SSSR count). The highest BCUT2D eigenvalue weighted by Crippen LogP contribution is 2.60. The average Bonchev–Trinajstić information content (AvgIpc) is 3.57. The molecular formula is C23H30O13. The lowest BCUT2D eigenvalue weighted by Gasteiger charge is -2.44. The molecule has 0 spiro atoms. The second kappa shape index (κ2) is 9.67. The molecule has 3 heterocycles. The van der Waals surface area contributed by atoms with Gasteiger partial charge >= 0.3 is 5.97 Å². The van der Waals surface area contributed by atoms with E-state index in [-0.39, 0.29) is 36.2 Å². The fourth-order valence-electron chi connectivity index (χ4n) is 5.55. The van der Waals surface area contributed by atoms with Crippen molar-refractivity contribution in [1.29, 1.82) is 0 Å². The Kier molecular flexibility index (Phi) is 6.87. The molecule has 3 saturated heterocycles. The summed E-state index contributed by atoms with van der Waals surface area (Å²) in [6, 6.07) is 4.02. The normalized spacial score (nSPS) is 43.4. The Labute approximate surface area is 205 Å². The highest BCUT2D eigenvalue weighted by molar-refractivity contribution is 5.90. The zero-order chi connectivity index (χ0) is 25.8. The standard InChI is InChI=1S/C23H30O13/c1-31-12-6-9(2-3-11(12)25)20(30)33-8-23-14-10(15(26)19(23)36-23)4-5-32-21(14)35-22-18(29)17(28)16(27)13(7-24)34-22/h2-3,6,10,13-19,21-22,24-29H,4-5,7-8H2,1H3/t10?,13-,14?,15?,16-,17+,18-,19?,21?,22+,23?/m1/s1. The van der Waals surface area contributed by atoms with Crippen LogP contribution in [0.3, 0.4) is 0 Å². The van der Waals surface area contributed by atoms with Crippen LogP contribution in [0, 0.1) is 11.8 Å². The van der Waals surface area contributed by atoms with E-state index in [4.69, 9.17) is 28.4 Å². The van der Waals surface area contributed by atoms with Crippen LogP contribution in [-0.4, -0.2) is 118 Å². The molecule has 3 aliphatic heterocycles. The van der Waals surface area contributed by atoms with E-state index in [0.29, 0.717) is 6.42 Å². The molecule has 11 atom stereocenters. The summed E-state index contributed by atoms with van der Waals surface area (Å²) < 4.78 is 33.4. The summed E-state index contributed by atoms with van der Waals surface area (Å²) in [6.45, 7) is -0.611. The zero-order valence-corrected chi connectivity index (χ0v) is 19.4.